The van der Waals surface area contributed by atoms with E-state index in [2.05, 4.69) is 30.1 Å². The molecule has 1 heterocycles. The highest BCUT2D eigenvalue weighted by atomic mass is 32.1. The van der Waals surface area contributed by atoms with Crippen molar-refractivity contribution in [3.8, 4) is 16.3 Å². The lowest BCUT2D eigenvalue weighted by Crippen LogP contribution is -2.02. The van der Waals surface area contributed by atoms with Gasteiger partial charge < -0.3 is 9.47 Å². The highest BCUT2D eigenvalue weighted by Crippen LogP contribution is 2.48. The molecule has 0 amide bonds. The van der Waals surface area contributed by atoms with Crippen LogP contribution >= 0.6 is 11.3 Å². The summed E-state index contributed by atoms with van der Waals surface area (Å²) in [5.41, 5.74) is 2.49. The van der Waals surface area contributed by atoms with Gasteiger partial charge in [0.2, 0.25) is 0 Å². The quantitative estimate of drug-likeness (QED) is 0.713. The second-order valence-corrected chi connectivity index (χ2v) is 6.50. The second kappa shape index (κ2) is 6.58. The van der Waals surface area contributed by atoms with Crippen LogP contribution in [0.1, 0.15) is 31.2 Å². The molecule has 4 heteroatoms. The summed E-state index contributed by atoms with van der Waals surface area (Å²) in [6.45, 7) is 3.71. The normalized spacial score (nSPS) is 20.5. The molecular formula is C17H21NO2S. The molecule has 2 unspecified atom stereocenters. The molecule has 1 aromatic heterocycles. The maximum absolute atomic E-state index is 6.00. The molecule has 0 spiro atoms. The number of methoxy groups -OCH3 is 1. The minimum absolute atomic E-state index is 0.676. The number of benzene rings is 1. The molecule has 1 fully saturated rings. The Balaban J connectivity index is 1.81. The zero-order valence-corrected chi connectivity index (χ0v) is 13.4. The summed E-state index contributed by atoms with van der Waals surface area (Å²) in [6, 6.07) is 6.59. The number of aromatic nitrogens is 1. The fraction of sp³-hybridized carbons (Fsp3) is 0.471. The lowest BCUT2D eigenvalue weighted by Gasteiger charge is -2.12. The molecule has 3 nitrogen and oxygen atoms in total. The molecule has 21 heavy (non-hydrogen) atoms. The van der Waals surface area contributed by atoms with Gasteiger partial charge in [-0.15, -0.1) is 11.3 Å². The average molecular weight is 303 g/mol. The SMILES string of the molecule is COCCCOc1cc(C2CC2C)ccc1-c1nccs1. The van der Waals surface area contributed by atoms with Gasteiger partial charge >= 0.3 is 0 Å². The minimum atomic E-state index is 0.676. The van der Waals surface area contributed by atoms with E-state index < -0.39 is 0 Å². The van der Waals surface area contributed by atoms with Gasteiger partial charge in [0.05, 0.1) is 12.2 Å². The van der Waals surface area contributed by atoms with Crippen molar-refractivity contribution in [1.29, 1.82) is 0 Å². The van der Waals surface area contributed by atoms with Gasteiger partial charge in [-0.3, -0.25) is 0 Å². The Morgan fingerprint density at radius 3 is 2.86 bits per heavy atom. The minimum Gasteiger partial charge on any atom is -0.493 e. The molecule has 1 aliphatic carbocycles. The van der Waals surface area contributed by atoms with Gasteiger partial charge in [-0.1, -0.05) is 13.0 Å². The van der Waals surface area contributed by atoms with Crippen LogP contribution in [-0.2, 0) is 4.74 Å². The fourth-order valence-corrected chi connectivity index (χ4v) is 3.26. The van der Waals surface area contributed by atoms with E-state index in [0.717, 1.165) is 35.3 Å². The Morgan fingerprint density at radius 1 is 1.33 bits per heavy atom. The van der Waals surface area contributed by atoms with Gasteiger partial charge in [0, 0.05) is 31.7 Å². The van der Waals surface area contributed by atoms with Crippen molar-refractivity contribution in [3.05, 3.63) is 35.3 Å². The Morgan fingerprint density at radius 2 is 2.19 bits per heavy atom. The molecular weight excluding hydrogens is 282 g/mol. The van der Waals surface area contributed by atoms with Gasteiger partial charge in [0.25, 0.3) is 0 Å². The van der Waals surface area contributed by atoms with E-state index in [-0.39, 0.29) is 0 Å². The topological polar surface area (TPSA) is 31.4 Å². The van der Waals surface area contributed by atoms with Crippen LogP contribution < -0.4 is 4.74 Å². The maximum Gasteiger partial charge on any atom is 0.129 e. The second-order valence-electron chi connectivity index (χ2n) is 5.61. The Bertz CT molecular complexity index is 582. The third-order valence-electron chi connectivity index (χ3n) is 3.96. The van der Waals surface area contributed by atoms with Crippen LogP contribution in [0.15, 0.2) is 29.8 Å². The van der Waals surface area contributed by atoms with Crippen molar-refractivity contribution in [1.82, 2.24) is 4.98 Å². The van der Waals surface area contributed by atoms with Crippen molar-refractivity contribution >= 4 is 11.3 Å². The largest absolute Gasteiger partial charge is 0.493 e. The highest BCUT2D eigenvalue weighted by Gasteiger charge is 2.34. The summed E-state index contributed by atoms with van der Waals surface area (Å²) in [5, 5.41) is 3.02. The van der Waals surface area contributed by atoms with Gasteiger partial charge in [-0.25, -0.2) is 4.98 Å². The molecule has 0 bridgehead atoms. The van der Waals surface area contributed by atoms with Crippen molar-refractivity contribution in [2.24, 2.45) is 5.92 Å². The summed E-state index contributed by atoms with van der Waals surface area (Å²) in [4.78, 5) is 4.41. The number of rotatable bonds is 7. The van der Waals surface area contributed by atoms with Crippen molar-refractivity contribution in [2.75, 3.05) is 20.3 Å². The number of thiazole rings is 1. The Kier molecular flexibility index (Phi) is 4.56. The van der Waals surface area contributed by atoms with Crippen LogP contribution in [0.4, 0.5) is 0 Å². The number of ether oxygens (including phenoxy) is 2. The first kappa shape index (κ1) is 14.5. The molecule has 1 saturated carbocycles. The van der Waals surface area contributed by atoms with Gasteiger partial charge in [-0.05, 0) is 36.0 Å². The van der Waals surface area contributed by atoms with E-state index in [1.165, 1.54) is 12.0 Å². The van der Waals surface area contributed by atoms with Crippen LogP contribution in [0, 0.1) is 5.92 Å². The van der Waals surface area contributed by atoms with E-state index in [4.69, 9.17) is 9.47 Å². The highest BCUT2D eigenvalue weighted by molar-refractivity contribution is 7.13. The number of hydrogen-bond donors (Lipinski definition) is 0. The van der Waals surface area contributed by atoms with Crippen molar-refractivity contribution in [2.45, 2.75) is 25.7 Å². The lowest BCUT2D eigenvalue weighted by atomic mass is 10.1. The third-order valence-corrected chi connectivity index (χ3v) is 4.76. The molecule has 1 aromatic carbocycles. The molecule has 0 aliphatic heterocycles. The molecule has 0 N–H and O–H groups in total. The molecule has 2 aromatic rings. The monoisotopic (exact) mass is 303 g/mol. The lowest BCUT2D eigenvalue weighted by molar-refractivity contribution is 0.172. The smallest absolute Gasteiger partial charge is 0.129 e. The van der Waals surface area contributed by atoms with E-state index >= 15 is 0 Å². The van der Waals surface area contributed by atoms with Crippen molar-refractivity contribution < 1.29 is 9.47 Å². The summed E-state index contributed by atoms with van der Waals surface area (Å²) >= 11 is 1.65. The molecule has 0 saturated heterocycles. The first-order chi connectivity index (χ1) is 10.3. The molecule has 2 atom stereocenters. The number of nitrogens with zero attached hydrogens (tertiary/aromatic N) is 1. The van der Waals surface area contributed by atoms with E-state index in [1.54, 1.807) is 18.4 Å². The van der Waals surface area contributed by atoms with E-state index in [0.29, 0.717) is 12.5 Å². The number of hydrogen-bond acceptors (Lipinski definition) is 4. The third kappa shape index (κ3) is 3.44. The average Bonchev–Trinajstić information content (AvgIpc) is 3.01. The maximum atomic E-state index is 6.00. The van der Waals surface area contributed by atoms with Gasteiger partial charge in [-0.2, -0.15) is 0 Å². The van der Waals surface area contributed by atoms with E-state index in [1.807, 2.05) is 11.6 Å². The molecule has 1 aliphatic rings. The Labute approximate surface area is 129 Å². The first-order valence-electron chi connectivity index (χ1n) is 7.45. The van der Waals surface area contributed by atoms with E-state index in [9.17, 15) is 0 Å². The van der Waals surface area contributed by atoms with Crippen LogP contribution in [0.2, 0.25) is 0 Å². The Hall–Kier alpha value is -1.39. The van der Waals surface area contributed by atoms with Crippen LogP contribution in [-0.4, -0.2) is 25.3 Å². The predicted molar refractivity (Wildman–Crippen MR) is 86.1 cm³/mol. The zero-order valence-electron chi connectivity index (χ0n) is 12.5. The predicted octanol–water partition coefficient (Wildman–Crippen LogP) is 4.35. The summed E-state index contributed by atoms with van der Waals surface area (Å²) in [7, 11) is 1.72. The van der Waals surface area contributed by atoms with Crippen LogP contribution in [0.3, 0.4) is 0 Å². The van der Waals surface area contributed by atoms with Gasteiger partial charge in [0.1, 0.15) is 10.8 Å². The zero-order chi connectivity index (χ0) is 14.7. The summed E-state index contributed by atoms with van der Waals surface area (Å²) < 4.78 is 11.1. The molecule has 112 valence electrons. The van der Waals surface area contributed by atoms with Crippen LogP contribution in [0.5, 0.6) is 5.75 Å². The first-order valence-corrected chi connectivity index (χ1v) is 8.33. The fourth-order valence-electron chi connectivity index (χ4n) is 2.59. The summed E-state index contributed by atoms with van der Waals surface area (Å²) in [6.07, 6.45) is 4.03. The molecule has 0 radical (unpaired) electrons. The standard InChI is InChI=1S/C17H21NO2S/c1-12-10-15(12)13-4-5-14(17-18-6-9-21-17)16(11-13)20-8-3-7-19-2/h4-6,9,11-12,15H,3,7-8,10H2,1-2H3. The van der Waals surface area contributed by atoms with Crippen LogP contribution in [0.25, 0.3) is 10.6 Å². The summed E-state index contributed by atoms with van der Waals surface area (Å²) in [5.74, 6) is 2.46. The van der Waals surface area contributed by atoms with Gasteiger partial charge in [0.15, 0.2) is 0 Å². The molecule has 3 rings (SSSR count). The van der Waals surface area contributed by atoms with Crippen molar-refractivity contribution in [3.63, 3.8) is 0 Å².